The van der Waals surface area contributed by atoms with Gasteiger partial charge < -0.3 is 5.43 Å². The van der Waals surface area contributed by atoms with E-state index < -0.39 is 25.5 Å². The molecular formula is C9H9N7O4S. The third-order valence-corrected chi connectivity index (χ3v) is 3.69. The highest BCUT2D eigenvalue weighted by atomic mass is 32.2. The molecule has 0 unspecified atom stereocenters. The number of nitro groups is 1. The van der Waals surface area contributed by atoms with Crippen molar-refractivity contribution in [3.05, 3.63) is 40.7 Å². The van der Waals surface area contributed by atoms with Gasteiger partial charge in [0, 0.05) is 0 Å². The van der Waals surface area contributed by atoms with E-state index in [1.165, 1.54) is 24.5 Å². The predicted molar refractivity (Wildman–Crippen MR) is 71.5 cm³/mol. The standard InChI is InChI=1S/C9H9N7O4S/c10-13-6-2-1-3-7(8(6)16(17)18)21(19,20)15-9-11-4-5-12-14-9/h1-5,13H,10H2,(H,11,14,15). The van der Waals surface area contributed by atoms with Gasteiger partial charge in [-0.25, -0.2) is 18.1 Å². The predicted octanol–water partition coefficient (Wildman–Crippen LogP) is -0.134. The van der Waals surface area contributed by atoms with Gasteiger partial charge in [0.2, 0.25) is 0 Å². The van der Waals surface area contributed by atoms with Crippen molar-refractivity contribution in [1.82, 2.24) is 15.2 Å². The average Bonchev–Trinajstić information content (AvgIpc) is 2.46. The van der Waals surface area contributed by atoms with E-state index in [0.29, 0.717) is 0 Å². The number of nitrogen functional groups attached to an aromatic ring is 1. The molecule has 0 saturated heterocycles. The van der Waals surface area contributed by atoms with Crippen molar-refractivity contribution in [2.75, 3.05) is 10.1 Å². The van der Waals surface area contributed by atoms with Gasteiger partial charge in [-0.2, -0.15) is 5.10 Å². The summed E-state index contributed by atoms with van der Waals surface area (Å²) in [7, 11) is -4.27. The fourth-order valence-corrected chi connectivity index (χ4v) is 2.65. The molecular weight excluding hydrogens is 302 g/mol. The first kappa shape index (κ1) is 14.5. The van der Waals surface area contributed by atoms with Crippen LogP contribution >= 0.6 is 0 Å². The topological polar surface area (TPSA) is 166 Å². The summed E-state index contributed by atoms with van der Waals surface area (Å²) in [6.45, 7) is 0. The molecule has 0 saturated carbocycles. The number of nitro benzene ring substituents is 1. The van der Waals surface area contributed by atoms with Crippen molar-refractivity contribution in [2.45, 2.75) is 4.90 Å². The third kappa shape index (κ3) is 3.01. The molecule has 2 aromatic rings. The maximum Gasteiger partial charge on any atom is 0.314 e. The highest BCUT2D eigenvalue weighted by molar-refractivity contribution is 7.92. The summed E-state index contributed by atoms with van der Waals surface area (Å²) >= 11 is 0. The molecule has 11 nitrogen and oxygen atoms in total. The summed E-state index contributed by atoms with van der Waals surface area (Å²) in [5.74, 6) is 4.84. The molecule has 21 heavy (non-hydrogen) atoms. The first-order chi connectivity index (χ1) is 9.95. The molecule has 1 aromatic heterocycles. The van der Waals surface area contributed by atoms with E-state index in [4.69, 9.17) is 5.84 Å². The molecule has 0 radical (unpaired) electrons. The second-order valence-electron chi connectivity index (χ2n) is 3.63. The molecule has 0 bridgehead atoms. The van der Waals surface area contributed by atoms with E-state index in [1.54, 1.807) is 0 Å². The summed E-state index contributed by atoms with van der Waals surface area (Å²) in [5, 5.41) is 18.0. The van der Waals surface area contributed by atoms with Crippen LogP contribution in [-0.4, -0.2) is 28.5 Å². The number of benzene rings is 1. The number of anilines is 2. The maximum atomic E-state index is 12.2. The maximum absolute atomic E-state index is 12.2. The Hall–Kier alpha value is -2.86. The van der Waals surface area contributed by atoms with Crippen LogP contribution in [0.1, 0.15) is 0 Å². The monoisotopic (exact) mass is 311 g/mol. The molecule has 0 aliphatic rings. The van der Waals surface area contributed by atoms with Crippen LogP contribution in [0, 0.1) is 10.1 Å². The Kier molecular flexibility index (Phi) is 3.91. The van der Waals surface area contributed by atoms with Crippen LogP contribution in [0.15, 0.2) is 35.5 Å². The SMILES string of the molecule is NNc1cccc(S(=O)(=O)Nc2nccnn2)c1[N+](=O)[O-]. The van der Waals surface area contributed by atoms with Crippen LogP contribution in [0.4, 0.5) is 17.3 Å². The Bertz CT molecular complexity index is 765. The van der Waals surface area contributed by atoms with Gasteiger partial charge in [0.1, 0.15) is 5.69 Å². The number of sulfonamides is 1. The fraction of sp³-hybridized carbons (Fsp3) is 0. The van der Waals surface area contributed by atoms with Crippen molar-refractivity contribution < 1.29 is 13.3 Å². The minimum atomic E-state index is -4.27. The first-order valence-corrected chi connectivity index (χ1v) is 6.84. The van der Waals surface area contributed by atoms with Gasteiger partial charge in [-0.15, -0.1) is 5.10 Å². The van der Waals surface area contributed by atoms with Gasteiger partial charge in [-0.3, -0.25) is 16.0 Å². The largest absolute Gasteiger partial charge is 0.318 e. The van der Waals surface area contributed by atoms with Crippen LogP contribution in [0.25, 0.3) is 0 Å². The number of nitrogens with two attached hydrogens (primary N) is 1. The number of nitrogens with zero attached hydrogens (tertiary/aromatic N) is 4. The van der Waals surface area contributed by atoms with E-state index in [-0.39, 0.29) is 11.6 Å². The summed E-state index contributed by atoms with van der Waals surface area (Å²) in [5.41, 5.74) is 1.25. The lowest BCUT2D eigenvalue weighted by Gasteiger charge is -2.08. The van der Waals surface area contributed by atoms with Gasteiger partial charge in [0.25, 0.3) is 16.0 Å². The quantitative estimate of drug-likeness (QED) is 0.387. The third-order valence-electron chi connectivity index (χ3n) is 2.33. The van der Waals surface area contributed by atoms with Crippen LogP contribution in [0.3, 0.4) is 0 Å². The van der Waals surface area contributed by atoms with Crippen LogP contribution in [-0.2, 0) is 10.0 Å². The number of nitrogens with one attached hydrogen (secondary N) is 2. The highest BCUT2D eigenvalue weighted by Crippen LogP contribution is 2.31. The zero-order chi connectivity index (χ0) is 15.5. The zero-order valence-electron chi connectivity index (χ0n) is 10.3. The van der Waals surface area contributed by atoms with E-state index >= 15 is 0 Å². The van der Waals surface area contributed by atoms with Crippen LogP contribution in [0.2, 0.25) is 0 Å². The second kappa shape index (κ2) is 5.64. The Balaban J connectivity index is 2.52. The van der Waals surface area contributed by atoms with E-state index in [0.717, 1.165) is 6.07 Å². The van der Waals surface area contributed by atoms with Gasteiger partial charge in [0.15, 0.2) is 4.90 Å². The van der Waals surface area contributed by atoms with Gasteiger partial charge in [-0.1, -0.05) is 6.07 Å². The molecule has 110 valence electrons. The fourth-order valence-electron chi connectivity index (χ4n) is 1.51. The Morgan fingerprint density at radius 2 is 2.05 bits per heavy atom. The average molecular weight is 311 g/mol. The van der Waals surface area contributed by atoms with Gasteiger partial charge >= 0.3 is 5.69 Å². The first-order valence-electron chi connectivity index (χ1n) is 5.36. The van der Waals surface area contributed by atoms with Gasteiger partial charge in [0.05, 0.1) is 17.3 Å². The number of hydrogen-bond donors (Lipinski definition) is 3. The van der Waals surface area contributed by atoms with Crippen LogP contribution in [0.5, 0.6) is 0 Å². The summed E-state index contributed by atoms with van der Waals surface area (Å²) in [4.78, 5) is 13.3. The van der Waals surface area contributed by atoms with Crippen molar-refractivity contribution in [3.63, 3.8) is 0 Å². The Morgan fingerprint density at radius 1 is 1.29 bits per heavy atom. The van der Waals surface area contributed by atoms with E-state index in [2.05, 4.69) is 20.6 Å². The molecule has 4 N–H and O–H groups in total. The van der Waals surface area contributed by atoms with Crippen molar-refractivity contribution in [3.8, 4) is 0 Å². The molecule has 0 amide bonds. The summed E-state index contributed by atoms with van der Waals surface area (Å²) in [6.07, 6.45) is 2.47. The van der Waals surface area contributed by atoms with Gasteiger partial charge in [-0.05, 0) is 12.1 Å². The molecule has 0 atom stereocenters. The number of hydrogen-bond acceptors (Lipinski definition) is 9. The number of aromatic nitrogens is 3. The minimum Gasteiger partial charge on any atom is -0.318 e. The summed E-state index contributed by atoms with van der Waals surface area (Å²) in [6, 6.07) is 3.65. The van der Waals surface area contributed by atoms with E-state index in [1.807, 2.05) is 4.72 Å². The molecule has 0 aliphatic carbocycles. The zero-order valence-corrected chi connectivity index (χ0v) is 11.1. The molecule has 1 aromatic carbocycles. The lowest BCUT2D eigenvalue weighted by atomic mass is 10.3. The van der Waals surface area contributed by atoms with Crippen molar-refractivity contribution in [2.24, 2.45) is 5.84 Å². The normalized spacial score (nSPS) is 10.9. The highest BCUT2D eigenvalue weighted by Gasteiger charge is 2.29. The minimum absolute atomic E-state index is 0.144. The molecule has 2 rings (SSSR count). The number of hydrazine groups is 1. The number of para-hydroxylation sites is 1. The molecule has 0 aliphatic heterocycles. The Morgan fingerprint density at radius 3 is 2.62 bits per heavy atom. The molecule has 12 heteroatoms. The van der Waals surface area contributed by atoms with Crippen molar-refractivity contribution >= 4 is 27.3 Å². The summed E-state index contributed by atoms with van der Waals surface area (Å²) < 4.78 is 26.4. The lowest BCUT2D eigenvalue weighted by molar-refractivity contribution is -0.386. The molecule has 1 heterocycles. The number of rotatable bonds is 5. The molecule has 0 fully saturated rings. The van der Waals surface area contributed by atoms with E-state index in [9.17, 15) is 18.5 Å². The lowest BCUT2D eigenvalue weighted by Crippen LogP contribution is -2.18. The van der Waals surface area contributed by atoms with Crippen molar-refractivity contribution in [1.29, 1.82) is 0 Å². The molecule has 0 spiro atoms. The van der Waals surface area contributed by atoms with Crippen LogP contribution < -0.4 is 16.0 Å². The smallest absolute Gasteiger partial charge is 0.314 e. The Labute approximate surface area is 118 Å². The second-order valence-corrected chi connectivity index (χ2v) is 5.28.